The molecule has 0 radical (unpaired) electrons. The van der Waals surface area contributed by atoms with Crippen molar-refractivity contribution in [3.8, 4) is 0 Å². The number of hydrogen-bond donors (Lipinski definition) is 2. The largest absolute Gasteiger partial charge is 0.393 e. The van der Waals surface area contributed by atoms with Crippen molar-refractivity contribution in [3.63, 3.8) is 0 Å². The molecule has 3 saturated carbocycles. The maximum Gasteiger partial charge on any atom is 0.0811 e. The molecule has 0 aromatic carbocycles. The molecule has 2 nitrogen and oxygen atoms in total. The van der Waals surface area contributed by atoms with Gasteiger partial charge < -0.3 is 10.2 Å². The summed E-state index contributed by atoms with van der Waals surface area (Å²) in [5.41, 5.74) is 3.88. The number of aliphatic hydroxyl groups is 2. The Morgan fingerprint density at radius 1 is 1.14 bits per heavy atom. The molecule has 0 aromatic heterocycles. The SMILES string of the molecule is C=C1C(=CC=C2CCC[C@]3(C)[C@@H]([C@H](C)CCCC(C)C)CC[C@@H]23)C[C@H](O)C[C@H]1O. The monoisotopic (exact) mass is 400 g/mol. The van der Waals surface area contributed by atoms with Gasteiger partial charge in [0.15, 0.2) is 0 Å². The average Bonchev–Trinajstić information content (AvgIpc) is 3.00. The van der Waals surface area contributed by atoms with Crippen molar-refractivity contribution in [1.82, 2.24) is 0 Å². The first-order valence-electron chi connectivity index (χ1n) is 12.2. The van der Waals surface area contributed by atoms with Crippen LogP contribution in [0, 0.1) is 29.1 Å². The van der Waals surface area contributed by atoms with Crippen LogP contribution in [0.3, 0.4) is 0 Å². The molecule has 0 saturated heterocycles. The summed E-state index contributed by atoms with van der Waals surface area (Å²) in [5.74, 6) is 3.20. The molecular weight excluding hydrogens is 356 g/mol. The Hall–Kier alpha value is -0.860. The van der Waals surface area contributed by atoms with Crippen LogP contribution >= 0.6 is 0 Å². The van der Waals surface area contributed by atoms with E-state index < -0.39 is 12.2 Å². The zero-order chi connectivity index (χ0) is 21.2. The molecule has 3 rings (SSSR count). The van der Waals surface area contributed by atoms with Gasteiger partial charge >= 0.3 is 0 Å². The maximum atomic E-state index is 10.1. The van der Waals surface area contributed by atoms with Crippen molar-refractivity contribution in [2.24, 2.45) is 29.1 Å². The van der Waals surface area contributed by atoms with E-state index in [0.29, 0.717) is 24.2 Å². The summed E-state index contributed by atoms with van der Waals surface area (Å²) in [6.07, 6.45) is 15.2. The molecule has 0 bridgehead atoms. The predicted octanol–water partition coefficient (Wildman–Crippen LogP) is 6.59. The normalized spacial score (nSPS) is 39.3. The highest BCUT2D eigenvalue weighted by Crippen LogP contribution is 2.59. The molecule has 3 fully saturated rings. The third-order valence-electron chi connectivity index (χ3n) is 8.43. The third-order valence-corrected chi connectivity index (χ3v) is 8.43. The van der Waals surface area contributed by atoms with Gasteiger partial charge in [-0.05, 0) is 78.8 Å². The fourth-order valence-electron chi connectivity index (χ4n) is 6.73. The van der Waals surface area contributed by atoms with E-state index in [0.717, 1.165) is 28.9 Å². The fraction of sp³-hybridized carbons (Fsp3) is 0.778. The zero-order valence-electron chi connectivity index (χ0n) is 19.3. The average molecular weight is 401 g/mol. The Labute approximate surface area is 179 Å². The van der Waals surface area contributed by atoms with Gasteiger partial charge in [0.1, 0.15) is 0 Å². The molecule has 3 aliphatic rings. The third kappa shape index (κ3) is 5.07. The summed E-state index contributed by atoms with van der Waals surface area (Å²) in [7, 11) is 0. The number of allylic oxidation sites excluding steroid dienone is 3. The van der Waals surface area contributed by atoms with Crippen molar-refractivity contribution >= 4 is 0 Å². The van der Waals surface area contributed by atoms with E-state index >= 15 is 0 Å². The molecule has 0 aliphatic heterocycles. The van der Waals surface area contributed by atoms with E-state index in [4.69, 9.17) is 0 Å². The molecule has 0 spiro atoms. The van der Waals surface area contributed by atoms with Crippen molar-refractivity contribution in [1.29, 1.82) is 0 Å². The van der Waals surface area contributed by atoms with Crippen molar-refractivity contribution < 1.29 is 10.2 Å². The molecule has 2 heteroatoms. The number of hydrogen-bond acceptors (Lipinski definition) is 2. The van der Waals surface area contributed by atoms with Crippen LogP contribution in [0.5, 0.6) is 0 Å². The van der Waals surface area contributed by atoms with E-state index in [9.17, 15) is 10.2 Å². The van der Waals surface area contributed by atoms with Gasteiger partial charge in [-0.1, -0.05) is 71.3 Å². The van der Waals surface area contributed by atoms with Crippen molar-refractivity contribution in [3.05, 3.63) is 35.5 Å². The summed E-state index contributed by atoms with van der Waals surface area (Å²) in [4.78, 5) is 0. The smallest absolute Gasteiger partial charge is 0.0811 e. The van der Waals surface area contributed by atoms with Gasteiger partial charge in [-0.2, -0.15) is 0 Å². The highest BCUT2D eigenvalue weighted by atomic mass is 16.3. The van der Waals surface area contributed by atoms with Gasteiger partial charge in [0.05, 0.1) is 12.2 Å². The van der Waals surface area contributed by atoms with Crippen LogP contribution < -0.4 is 0 Å². The van der Waals surface area contributed by atoms with Gasteiger partial charge in [0, 0.05) is 6.42 Å². The molecule has 6 atom stereocenters. The van der Waals surface area contributed by atoms with Gasteiger partial charge in [0.2, 0.25) is 0 Å². The Morgan fingerprint density at radius 2 is 1.90 bits per heavy atom. The fourth-order valence-corrected chi connectivity index (χ4v) is 6.73. The highest BCUT2D eigenvalue weighted by molar-refractivity contribution is 5.38. The number of rotatable bonds is 6. The standard InChI is InChI=1S/C27H44O2/c1-18(2)8-6-9-19(3)24-13-14-25-21(10-7-15-27(24,25)5)11-12-22-16-23(28)17-26(29)20(22)4/h11-12,18-19,23-26,28-29H,4,6-10,13-17H2,1-3,5H3/t19-,23+,24-,25+,26-,27-/m1/s1. The Balaban J connectivity index is 1.71. The minimum atomic E-state index is -0.595. The quantitative estimate of drug-likeness (QED) is 0.528. The Kier molecular flexibility index (Phi) is 7.49. The summed E-state index contributed by atoms with van der Waals surface area (Å²) >= 11 is 0. The lowest BCUT2D eigenvalue weighted by atomic mass is 9.60. The molecule has 2 N–H and O–H groups in total. The summed E-state index contributed by atoms with van der Waals surface area (Å²) < 4.78 is 0. The van der Waals surface area contributed by atoms with Crippen LogP contribution in [0.2, 0.25) is 0 Å². The molecular formula is C27H44O2. The summed E-state index contributed by atoms with van der Waals surface area (Å²) in [5, 5.41) is 20.2. The molecule has 3 aliphatic carbocycles. The lowest BCUT2D eigenvalue weighted by molar-refractivity contribution is 0.0861. The van der Waals surface area contributed by atoms with Crippen LogP contribution in [-0.2, 0) is 0 Å². The molecule has 29 heavy (non-hydrogen) atoms. The van der Waals surface area contributed by atoms with Crippen LogP contribution in [0.15, 0.2) is 35.5 Å². The van der Waals surface area contributed by atoms with Crippen LogP contribution in [0.1, 0.15) is 91.9 Å². The minimum absolute atomic E-state index is 0.420. The molecule has 0 heterocycles. The number of fused-ring (bicyclic) bond motifs is 1. The van der Waals surface area contributed by atoms with Crippen LogP contribution in [0.25, 0.3) is 0 Å². The first-order chi connectivity index (χ1) is 13.7. The van der Waals surface area contributed by atoms with Gasteiger partial charge in [0.25, 0.3) is 0 Å². The zero-order valence-corrected chi connectivity index (χ0v) is 19.3. The van der Waals surface area contributed by atoms with Crippen LogP contribution in [-0.4, -0.2) is 22.4 Å². The first kappa shape index (κ1) is 22.8. The molecule has 0 amide bonds. The Bertz CT molecular complexity index is 643. The first-order valence-corrected chi connectivity index (χ1v) is 12.2. The van der Waals surface area contributed by atoms with Crippen molar-refractivity contribution in [2.45, 2.75) is 104 Å². The van der Waals surface area contributed by atoms with Gasteiger partial charge in [-0.3, -0.25) is 0 Å². The molecule has 0 aromatic rings. The second-order valence-corrected chi connectivity index (χ2v) is 11.0. The summed E-state index contributed by atoms with van der Waals surface area (Å²) in [6, 6.07) is 0. The van der Waals surface area contributed by atoms with Gasteiger partial charge in [-0.15, -0.1) is 0 Å². The maximum absolute atomic E-state index is 10.1. The molecule has 0 unspecified atom stereocenters. The lowest BCUT2D eigenvalue weighted by Crippen LogP contribution is -2.36. The highest BCUT2D eigenvalue weighted by Gasteiger charge is 2.50. The second-order valence-electron chi connectivity index (χ2n) is 11.0. The van der Waals surface area contributed by atoms with E-state index in [1.807, 2.05) is 0 Å². The van der Waals surface area contributed by atoms with E-state index in [1.165, 1.54) is 51.4 Å². The number of aliphatic hydroxyl groups excluding tert-OH is 2. The topological polar surface area (TPSA) is 40.5 Å². The minimum Gasteiger partial charge on any atom is -0.393 e. The van der Waals surface area contributed by atoms with E-state index in [-0.39, 0.29) is 0 Å². The summed E-state index contributed by atoms with van der Waals surface area (Å²) in [6.45, 7) is 13.8. The predicted molar refractivity (Wildman–Crippen MR) is 123 cm³/mol. The van der Waals surface area contributed by atoms with Crippen molar-refractivity contribution in [2.75, 3.05) is 0 Å². The van der Waals surface area contributed by atoms with Gasteiger partial charge in [-0.25, -0.2) is 0 Å². The lowest BCUT2D eigenvalue weighted by Gasteiger charge is -2.44. The van der Waals surface area contributed by atoms with E-state index in [2.05, 4.69) is 46.4 Å². The van der Waals surface area contributed by atoms with Crippen LogP contribution in [0.4, 0.5) is 0 Å². The van der Waals surface area contributed by atoms with E-state index in [1.54, 1.807) is 5.57 Å². The second kappa shape index (κ2) is 9.52. The Morgan fingerprint density at radius 3 is 2.62 bits per heavy atom. The molecule has 164 valence electrons.